The Hall–Kier alpha value is -3.59. The Morgan fingerprint density at radius 2 is 0.679 bits per heavy atom. The van der Waals surface area contributed by atoms with E-state index in [-0.39, 0.29) is 32.0 Å². The summed E-state index contributed by atoms with van der Waals surface area (Å²) in [6, 6.07) is 0. The molecule has 0 spiro atoms. The van der Waals surface area contributed by atoms with E-state index in [1.54, 1.807) is 0 Å². The zero-order valence-corrected chi connectivity index (χ0v) is 55.7. The number of rotatable bonds is 62. The van der Waals surface area contributed by atoms with E-state index in [0.717, 1.165) is 109 Å². The van der Waals surface area contributed by atoms with E-state index in [9.17, 15) is 19.0 Å². The van der Waals surface area contributed by atoms with Crippen LogP contribution in [0.15, 0.2) is 122 Å². The van der Waals surface area contributed by atoms with Gasteiger partial charge in [-0.1, -0.05) is 302 Å². The lowest BCUT2D eigenvalue weighted by atomic mass is 10.0. The third-order valence-electron chi connectivity index (χ3n) is 14.5. The van der Waals surface area contributed by atoms with Crippen LogP contribution in [0, 0.1) is 0 Å². The van der Waals surface area contributed by atoms with Crippen molar-refractivity contribution in [3.63, 3.8) is 0 Å². The first-order valence-corrected chi connectivity index (χ1v) is 35.8. The number of phosphoric acid groups is 1. The number of esters is 2. The average molecular weight is 1190 g/mol. The third kappa shape index (κ3) is 67.5. The van der Waals surface area contributed by atoms with Crippen LogP contribution in [0.2, 0.25) is 0 Å². The second kappa shape index (κ2) is 63.9. The van der Waals surface area contributed by atoms with E-state index >= 15 is 0 Å². The van der Waals surface area contributed by atoms with Crippen LogP contribution in [-0.4, -0.2) is 74.9 Å². The Kier molecular flexibility index (Phi) is 61.2. The number of carbonyl (C=O) groups is 2. The summed E-state index contributed by atoms with van der Waals surface area (Å²) in [6.45, 7) is 4.33. The molecule has 10 heteroatoms. The van der Waals surface area contributed by atoms with Gasteiger partial charge in [0.25, 0.3) is 0 Å². The van der Waals surface area contributed by atoms with Crippen molar-refractivity contribution in [1.29, 1.82) is 0 Å². The fourth-order valence-electron chi connectivity index (χ4n) is 9.28. The van der Waals surface area contributed by atoms with E-state index in [2.05, 4.69) is 135 Å². The van der Waals surface area contributed by atoms with Gasteiger partial charge in [0, 0.05) is 12.8 Å². The molecular weight excluding hydrogens is 1060 g/mol. The summed E-state index contributed by atoms with van der Waals surface area (Å²) in [4.78, 5) is 35.8. The van der Waals surface area contributed by atoms with Crippen LogP contribution < -0.4 is 0 Å². The van der Waals surface area contributed by atoms with Gasteiger partial charge in [-0.15, -0.1) is 0 Å². The van der Waals surface area contributed by atoms with Crippen LogP contribution >= 0.6 is 7.82 Å². The molecule has 2 unspecified atom stereocenters. The number of likely N-dealkylation sites (N-methyl/N-ethyl adjacent to an activating group) is 1. The fraction of sp³-hybridized carbons (Fsp3) is 0.703. The number of ether oxygens (including phenoxy) is 2. The van der Waals surface area contributed by atoms with E-state index < -0.39 is 26.5 Å². The molecule has 482 valence electrons. The number of allylic oxidation sites excluding steroid dienone is 20. The normalized spacial score (nSPS) is 13.9. The molecule has 84 heavy (non-hydrogen) atoms. The van der Waals surface area contributed by atoms with Gasteiger partial charge >= 0.3 is 19.8 Å². The molecule has 0 aliphatic rings. The smallest absolute Gasteiger partial charge is 0.462 e. The standard InChI is InChI=1S/C74H128NO8P/c1-6-8-10-12-14-16-18-20-22-24-26-28-29-30-31-32-33-34-35-36-37-38-39-40-41-42-43-44-45-47-49-51-53-55-57-59-61-63-65-67-74(77)83-72(71-82-84(78,79)81-69-68-75(3,4)5)70-80-73(76)66-64-62-60-58-56-54-52-50-48-46-27-25-23-21-19-17-15-13-11-9-7-2/h8,10,14,16,20,22,26,28,30-31,33-34,36-37,39-40,42-43,45,47,72H,6-7,9,11-13,15,17-19,21,23-25,27,29,32,35,38,41,44,46,48-71H2,1-5H3/p+1/b10-8-,16-14-,22-20-,28-26-,31-30-,34-33-,37-36-,40-39-,43-42-,47-45-. The molecule has 0 fully saturated rings. The van der Waals surface area contributed by atoms with Crippen LogP contribution in [0.5, 0.6) is 0 Å². The molecule has 0 aliphatic carbocycles. The molecule has 2 atom stereocenters. The molecule has 0 aliphatic heterocycles. The lowest BCUT2D eigenvalue weighted by molar-refractivity contribution is -0.870. The maximum absolute atomic E-state index is 12.9. The molecule has 0 saturated carbocycles. The Balaban J connectivity index is 4.11. The zero-order chi connectivity index (χ0) is 61.2. The van der Waals surface area contributed by atoms with Gasteiger partial charge in [0.05, 0.1) is 27.7 Å². The highest BCUT2D eigenvalue weighted by molar-refractivity contribution is 7.47. The predicted octanol–water partition coefficient (Wildman–Crippen LogP) is 22.3. The first-order valence-electron chi connectivity index (χ1n) is 34.3. The summed E-state index contributed by atoms with van der Waals surface area (Å²) in [7, 11) is 1.47. The van der Waals surface area contributed by atoms with Crippen LogP contribution in [0.1, 0.15) is 284 Å². The largest absolute Gasteiger partial charge is 0.472 e. The van der Waals surface area contributed by atoms with Gasteiger partial charge in [0.2, 0.25) is 0 Å². The second-order valence-corrected chi connectivity index (χ2v) is 25.3. The monoisotopic (exact) mass is 1190 g/mol. The highest BCUT2D eigenvalue weighted by Gasteiger charge is 2.27. The van der Waals surface area contributed by atoms with Gasteiger partial charge in [-0.25, -0.2) is 4.57 Å². The third-order valence-corrected chi connectivity index (χ3v) is 15.5. The number of carbonyl (C=O) groups excluding carboxylic acids is 2. The summed E-state index contributed by atoms with van der Waals surface area (Å²) < 4.78 is 34.7. The molecule has 1 N–H and O–H groups in total. The second-order valence-electron chi connectivity index (χ2n) is 23.8. The molecule has 0 saturated heterocycles. The molecule has 0 aromatic rings. The molecular formula is C74H129NO8P+. The molecule has 0 aromatic carbocycles. The number of hydrogen-bond acceptors (Lipinski definition) is 7. The molecule has 0 amide bonds. The van der Waals surface area contributed by atoms with E-state index in [1.165, 1.54) is 141 Å². The summed E-state index contributed by atoms with van der Waals surface area (Å²) >= 11 is 0. The van der Waals surface area contributed by atoms with E-state index in [0.29, 0.717) is 17.4 Å². The van der Waals surface area contributed by atoms with Gasteiger partial charge in [-0.2, -0.15) is 0 Å². The zero-order valence-electron chi connectivity index (χ0n) is 54.9. The average Bonchev–Trinajstić information content (AvgIpc) is 3.61. The Bertz CT molecular complexity index is 1830. The van der Waals surface area contributed by atoms with Crippen LogP contribution in [0.25, 0.3) is 0 Å². The van der Waals surface area contributed by atoms with Crippen molar-refractivity contribution in [2.24, 2.45) is 0 Å². The number of unbranched alkanes of at least 4 members (excludes halogenated alkanes) is 28. The molecule has 0 rings (SSSR count). The Morgan fingerprint density at radius 3 is 1.01 bits per heavy atom. The highest BCUT2D eigenvalue weighted by Crippen LogP contribution is 2.43. The van der Waals surface area contributed by atoms with Crippen molar-refractivity contribution in [2.75, 3.05) is 47.5 Å². The van der Waals surface area contributed by atoms with Gasteiger partial charge in [0.1, 0.15) is 19.8 Å². The topological polar surface area (TPSA) is 108 Å². The van der Waals surface area contributed by atoms with Gasteiger partial charge in [-0.3, -0.25) is 18.6 Å². The lowest BCUT2D eigenvalue weighted by Crippen LogP contribution is -2.37. The minimum atomic E-state index is -4.40. The number of hydrogen-bond donors (Lipinski definition) is 1. The summed E-state index contributed by atoms with van der Waals surface area (Å²) in [6.07, 6.45) is 91.5. The molecule has 0 heterocycles. The summed E-state index contributed by atoms with van der Waals surface area (Å²) in [5.74, 6) is -0.803. The van der Waals surface area contributed by atoms with Gasteiger partial charge < -0.3 is 18.9 Å². The van der Waals surface area contributed by atoms with Crippen molar-refractivity contribution < 1.29 is 42.1 Å². The number of quaternary nitrogens is 1. The van der Waals surface area contributed by atoms with E-state index in [1.807, 2.05) is 21.1 Å². The van der Waals surface area contributed by atoms with Crippen molar-refractivity contribution >= 4 is 19.8 Å². The van der Waals surface area contributed by atoms with Crippen molar-refractivity contribution in [3.05, 3.63) is 122 Å². The van der Waals surface area contributed by atoms with Crippen molar-refractivity contribution in [1.82, 2.24) is 0 Å². The Morgan fingerprint density at radius 1 is 0.381 bits per heavy atom. The molecule has 0 bridgehead atoms. The quantitative estimate of drug-likeness (QED) is 0.0211. The molecule has 0 aromatic heterocycles. The van der Waals surface area contributed by atoms with Crippen LogP contribution in [0.4, 0.5) is 0 Å². The fourth-order valence-corrected chi connectivity index (χ4v) is 10.0. The van der Waals surface area contributed by atoms with Crippen molar-refractivity contribution in [2.45, 2.75) is 290 Å². The molecule has 9 nitrogen and oxygen atoms in total. The highest BCUT2D eigenvalue weighted by atomic mass is 31.2. The number of phosphoric ester groups is 1. The molecule has 0 radical (unpaired) electrons. The minimum absolute atomic E-state index is 0.0262. The van der Waals surface area contributed by atoms with Gasteiger partial charge in [-0.05, 0) is 89.9 Å². The van der Waals surface area contributed by atoms with Crippen molar-refractivity contribution in [3.8, 4) is 0 Å². The summed E-state index contributed by atoms with van der Waals surface area (Å²) in [5, 5.41) is 0. The van der Waals surface area contributed by atoms with E-state index in [4.69, 9.17) is 18.5 Å². The van der Waals surface area contributed by atoms with Crippen LogP contribution in [0.3, 0.4) is 0 Å². The van der Waals surface area contributed by atoms with Crippen LogP contribution in [-0.2, 0) is 32.7 Å². The summed E-state index contributed by atoms with van der Waals surface area (Å²) in [5.41, 5.74) is 0. The van der Waals surface area contributed by atoms with Gasteiger partial charge in [0.15, 0.2) is 6.10 Å². The minimum Gasteiger partial charge on any atom is -0.462 e. The first kappa shape index (κ1) is 80.4. The number of nitrogens with zero attached hydrogens (tertiary/aromatic N) is 1. The SMILES string of the molecule is CC/C=C\C/C=C\C/C=C\C/C=C\C/C=C\C/C=C\C/C=C\C/C=C\C/C=C\C/C=C\CCCCCCCCCCC(=O)OC(COC(=O)CCCCCCCCCCCCCCCCCCCCCCC)COP(=O)(O)OCC[N+](C)(C)C. The lowest BCUT2D eigenvalue weighted by Gasteiger charge is -2.24. The predicted molar refractivity (Wildman–Crippen MR) is 362 cm³/mol. The Labute approximate surface area is 518 Å². The maximum Gasteiger partial charge on any atom is 0.472 e. The first-order chi connectivity index (χ1) is 41.0. The maximum atomic E-state index is 12.9.